The third-order valence-electron chi connectivity index (χ3n) is 0. The van der Waals surface area contributed by atoms with E-state index in [0.717, 1.165) is 0 Å². The number of carbonyl (C=O) groups is 1. The van der Waals surface area contributed by atoms with Crippen molar-refractivity contribution >= 4 is 35.9 Å². The fourth-order valence-electron chi connectivity index (χ4n) is 0. The topological polar surface area (TPSA) is 57.5 Å². The summed E-state index contributed by atoms with van der Waals surface area (Å²) in [5.74, 6) is 0. The first-order chi connectivity index (χ1) is 1.73. The van der Waals surface area contributed by atoms with E-state index in [-0.39, 0.29) is 46.8 Å². The molecule has 0 aliphatic rings. The van der Waals surface area contributed by atoms with Crippen LogP contribution in [0.5, 0.6) is 0 Å². The summed E-state index contributed by atoms with van der Waals surface area (Å²) in [5.41, 5.74) is 0. The molecule has 0 fully saturated rings. The Morgan fingerprint density at radius 1 is 1.29 bits per heavy atom. The summed E-state index contributed by atoms with van der Waals surface area (Å²) in [6, 6.07) is 0. The van der Waals surface area contributed by atoms with Crippen molar-refractivity contribution in [2.24, 2.45) is 0 Å². The second-order valence-corrected chi connectivity index (χ2v) is 0.283. The third kappa shape index (κ3) is 376. The molecule has 0 unspecified atom stereocenters. The van der Waals surface area contributed by atoms with E-state index >= 15 is 0 Å². The van der Waals surface area contributed by atoms with E-state index in [4.69, 9.17) is 15.0 Å². The molecule has 7 heavy (non-hydrogen) atoms. The first kappa shape index (κ1) is 25.5. The molecule has 0 aromatic heterocycles. The summed E-state index contributed by atoms with van der Waals surface area (Å²) < 4.78 is 0. The minimum absolute atomic E-state index is 0. The molecule has 0 saturated carbocycles. The van der Waals surface area contributed by atoms with Crippen molar-refractivity contribution in [1.29, 1.82) is 0 Å². The molecule has 0 rings (SSSR count). The Kier molecular flexibility index (Phi) is 58.2. The van der Waals surface area contributed by atoms with E-state index in [2.05, 4.69) is 0 Å². The number of rotatable bonds is 0. The Morgan fingerprint density at radius 3 is 1.29 bits per heavy atom. The third-order valence-corrected chi connectivity index (χ3v) is 0. The molecular formula is CH6AlClCuO3. The van der Waals surface area contributed by atoms with Crippen LogP contribution in [0.2, 0.25) is 0 Å². The smallest absolute Gasteiger partial charge is 0.450 e. The standard InChI is InChI=1S/CH2O3.Al.ClH.Cu.3H/c2-1(3)4;;;;;;/h(H2,2,3,4);;1H;;;;. The predicted octanol–water partition coefficient (Wildman–Crippen LogP) is -0.542. The van der Waals surface area contributed by atoms with Crippen molar-refractivity contribution in [2.75, 3.05) is 0 Å². The van der Waals surface area contributed by atoms with Crippen LogP contribution in [-0.2, 0) is 17.1 Å². The van der Waals surface area contributed by atoms with Crippen LogP contribution in [-0.4, -0.2) is 33.7 Å². The maximum Gasteiger partial charge on any atom is 0.503 e. The fraction of sp³-hybridized carbons (Fsp3) is 0. The number of carboxylic acid groups (broad SMARTS) is 2. The molecule has 1 radical (unpaired) electrons. The number of hydrogen-bond acceptors (Lipinski definition) is 1. The Labute approximate surface area is 68.1 Å². The first-order valence-electron chi connectivity index (χ1n) is 0.651. The van der Waals surface area contributed by atoms with Gasteiger partial charge in [-0.25, -0.2) is 4.79 Å². The summed E-state index contributed by atoms with van der Waals surface area (Å²) in [6.07, 6.45) is -1.83. The molecule has 0 heterocycles. The van der Waals surface area contributed by atoms with Crippen LogP contribution in [0.15, 0.2) is 0 Å². The predicted molar refractivity (Wildman–Crippen MR) is 27.8 cm³/mol. The quantitative estimate of drug-likeness (QED) is 0.506. The van der Waals surface area contributed by atoms with Gasteiger partial charge in [0.05, 0.1) is 0 Å². The van der Waals surface area contributed by atoms with Crippen molar-refractivity contribution in [1.82, 2.24) is 0 Å². The van der Waals surface area contributed by atoms with Crippen molar-refractivity contribution < 1.29 is 32.1 Å². The van der Waals surface area contributed by atoms with Gasteiger partial charge in [-0.1, -0.05) is 0 Å². The van der Waals surface area contributed by atoms with Crippen molar-refractivity contribution in [3.05, 3.63) is 0 Å². The zero-order valence-corrected chi connectivity index (χ0v) is 4.27. The van der Waals surface area contributed by atoms with Crippen molar-refractivity contribution in [3.63, 3.8) is 0 Å². The van der Waals surface area contributed by atoms with Gasteiger partial charge >= 0.3 is 6.16 Å². The van der Waals surface area contributed by atoms with E-state index in [1.807, 2.05) is 0 Å². The van der Waals surface area contributed by atoms with Crippen LogP contribution >= 0.6 is 12.4 Å². The molecule has 0 aliphatic carbocycles. The molecule has 0 aliphatic heterocycles. The summed E-state index contributed by atoms with van der Waals surface area (Å²) in [5, 5.41) is 13.9. The zero-order valence-electron chi connectivity index (χ0n) is 2.51. The van der Waals surface area contributed by atoms with Gasteiger partial charge in [-0.15, -0.1) is 12.4 Å². The van der Waals surface area contributed by atoms with Gasteiger partial charge in [0.2, 0.25) is 0 Å². The molecule has 49 valence electrons. The molecule has 0 saturated heterocycles. The second-order valence-electron chi connectivity index (χ2n) is 0.283. The van der Waals surface area contributed by atoms with Crippen LogP contribution in [0.1, 0.15) is 0 Å². The van der Waals surface area contributed by atoms with E-state index in [0.29, 0.717) is 0 Å². The zero-order chi connectivity index (χ0) is 3.58. The molecule has 0 aromatic rings. The Bertz CT molecular complexity index is 37.9. The largest absolute Gasteiger partial charge is 0.503 e. The number of halogens is 1. The van der Waals surface area contributed by atoms with Gasteiger partial charge in [0, 0.05) is 17.1 Å². The molecule has 0 spiro atoms. The molecule has 0 aromatic carbocycles. The van der Waals surface area contributed by atoms with Crippen LogP contribution in [0, 0.1) is 0 Å². The number of hydrogen-bond donors (Lipinski definition) is 2. The van der Waals surface area contributed by atoms with Gasteiger partial charge < -0.3 is 10.2 Å². The van der Waals surface area contributed by atoms with E-state index in [1.165, 1.54) is 0 Å². The maximum atomic E-state index is 8.56. The van der Waals surface area contributed by atoms with Gasteiger partial charge in [0.15, 0.2) is 17.4 Å². The minimum atomic E-state index is -1.83. The van der Waals surface area contributed by atoms with Gasteiger partial charge in [-0.05, 0) is 0 Å². The summed E-state index contributed by atoms with van der Waals surface area (Å²) >= 11 is 0. The van der Waals surface area contributed by atoms with E-state index < -0.39 is 6.16 Å². The molecule has 3 nitrogen and oxygen atoms in total. The molecule has 0 amide bonds. The van der Waals surface area contributed by atoms with Crippen LogP contribution in [0.25, 0.3) is 0 Å². The monoisotopic (exact) mass is 191 g/mol. The first-order valence-corrected chi connectivity index (χ1v) is 0.651. The SMILES string of the molecule is Cl.O=C(O)O.[AlH3].[Cu]. The van der Waals surface area contributed by atoms with Gasteiger partial charge in [0.1, 0.15) is 0 Å². The normalized spacial score (nSPS) is 3.43. The summed E-state index contributed by atoms with van der Waals surface area (Å²) in [7, 11) is 0. The summed E-state index contributed by atoms with van der Waals surface area (Å²) in [6.45, 7) is 0. The van der Waals surface area contributed by atoms with Crippen LogP contribution in [0.3, 0.4) is 0 Å². The average molecular weight is 192 g/mol. The molecule has 0 atom stereocenters. The second kappa shape index (κ2) is 16.0. The molecular weight excluding hydrogens is 186 g/mol. The fourth-order valence-corrected chi connectivity index (χ4v) is 0. The van der Waals surface area contributed by atoms with Gasteiger partial charge in [-0.2, -0.15) is 0 Å². The molecule has 0 bridgehead atoms. The van der Waals surface area contributed by atoms with Gasteiger partial charge in [0.25, 0.3) is 0 Å². The van der Waals surface area contributed by atoms with Crippen LogP contribution in [0.4, 0.5) is 4.79 Å². The Morgan fingerprint density at radius 2 is 1.29 bits per heavy atom. The van der Waals surface area contributed by atoms with Crippen molar-refractivity contribution in [3.8, 4) is 0 Å². The van der Waals surface area contributed by atoms with E-state index in [1.54, 1.807) is 0 Å². The molecule has 6 heteroatoms. The van der Waals surface area contributed by atoms with Crippen LogP contribution < -0.4 is 0 Å². The van der Waals surface area contributed by atoms with Crippen molar-refractivity contribution in [2.45, 2.75) is 0 Å². The molecule has 2 N–H and O–H groups in total. The Hall–Kier alpha value is 0.612. The average Bonchev–Trinajstić information content (AvgIpc) is 0.811. The minimum Gasteiger partial charge on any atom is -0.450 e. The maximum absolute atomic E-state index is 8.56. The Balaban J connectivity index is -0.0000000150. The van der Waals surface area contributed by atoms with E-state index in [9.17, 15) is 0 Å². The summed E-state index contributed by atoms with van der Waals surface area (Å²) in [4.78, 5) is 8.56. The van der Waals surface area contributed by atoms with Gasteiger partial charge in [-0.3, -0.25) is 0 Å².